The van der Waals surface area contributed by atoms with Crippen molar-refractivity contribution in [3.63, 3.8) is 0 Å². The molecule has 0 saturated heterocycles. The van der Waals surface area contributed by atoms with Gasteiger partial charge in [0.05, 0.1) is 17.7 Å². The standard InChI is InChI=1S/C26H23NO3/c28-24(22-11-6-14-30-22)23-18-12-13-19(15-18)26(23)21-10-5-4-9-20(21)25(29)27(26)16-17-7-2-1-3-8-17/h1-11,14,18-19,23H,12-13,15-16H2. The molecule has 1 spiro atoms. The van der Waals surface area contributed by atoms with E-state index in [1.165, 1.54) is 0 Å². The lowest BCUT2D eigenvalue weighted by Crippen LogP contribution is -2.54. The molecule has 1 amide bonds. The van der Waals surface area contributed by atoms with E-state index in [2.05, 4.69) is 18.2 Å². The van der Waals surface area contributed by atoms with E-state index in [1.807, 2.05) is 41.3 Å². The summed E-state index contributed by atoms with van der Waals surface area (Å²) in [4.78, 5) is 29.4. The zero-order valence-electron chi connectivity index (χ0n) is 16.7. The lowest BCUT2D eigenvalue weighted by Gasteiger charge is -2.47. The Morgan fingerprint density at radius 3 is 2.60 bits per heavy atom. The van der Waals surface area contributed by atoms with Crippen LogP contribution in [0.25, 0.3) is 0 Å². The Bertz CT molecular complexity index is 1120. The molecule has 4 unspecified atom stereocenters. The van der Waals surface area contributed by atoms with Crippen LogP contribution in [0.5, 0.6) is 0 Å². The molecule has 2 fully saturated rings. The van der Waals surface area contributed by atoms with Gasteiger partial charge in [-0.05, 0) is 60.4 Å². The normalized spacial score (nSPS) is 29.0. The molecule has 4 heteroatoms. The Hall–Kier alpha value is -3.14. The quantitative estimate of drug-likeness (QED) is 0.578. The first-order valence-corrected chi connectivity index (χ1v) is 10.7. The van der Waals surface area contributed by atoms with E-state index in [0.29, 0.717) is 18.2 Å². The largest absolute Gasteiger partial charge is 0.461 e. The highest BCUT2D eigenvalue weighted by Gasteiger charge is 2.68. The highest BCUT2D eigenvalue weighted by molar-refractivity contribution is 6.04. The van der Waals surface area contributed by atoms with Crippen molar-refractivity contribution in [3.8, 4) is 0 Å². The molecule has 6 rings (SSSR count). The van der Waals surface area contributed by atoms with Crippen LogP contribution in [0, 0.1) is 17.8 Å². The van der Waals surface area contributed by atoms with Crippen LogP contribution >= 0.6 is 0 Å². The SMILES string of the molecule is O=C(c1ccco1)C1C2CCC(C2)C12c1ccccc1C(=O)N2Cc1ccccc1. The number of nitrogens with zero attached hydrogens (tertiary/aromatic N) is 1. The Kier molecular flexibility index (Phi) is 3.79. The van der Waals surface area contributed by atoms with Crippen molar-refractivity contribution in [2.75, 3.05) is 0 Å². The fourth-order valence-corrected chi connectivity index (χ4v) is 6.54. The average molecular weight is 397 g/mol. The number of furan rings is 1. The summed E-state index contributed by atoms with van der Waals surface area (Å²) in [7, 11) is 0. The van der Waals surface area contributed by atoms with Crippen molar-refractivity contribution >= 4 is 11.7 Å². The lowest BCUT2D eigenvalue weighted by molar-refractivity contribution is 0.00364. The van der Waals surface area contributed by atoms with Crippen LogP contribution in [0.15, 0.2) is 77.4 Å². The molecule has 0 N–H and O–H groups in total. The fourth-order valence-electron chi connectivity index (χ4n) is 6.54. The molecule has 2 saturated carbocycles. The van der Waals surface area contributed by atoms with Crippen molar-refractivity contribution in [1.82, 2.24) is 4.90 Å². The van der Waals surface area contributed by atoms with E-state index in [0.717, 1.165) is 36.0 Å². The molecule has 0 radical (unpaired) electrons. The molecule has 150 valence electrons. The van der Waals surface area contributed by atoms with Gasteiger partial charge >= 0.3 is 0 Å². The van der Waals surface area contributed by atoms with Gasteiger partial charge in [-0.2, -0.15) is 0 Å². The Morgan fingerprint density at radius 1 is 1.00 bits per heavy atom. The van der Waals surface area contributed by atoms with Crippen molar-refractivity contribution in [3.05, 3.63) is 95.4 Å². The number of Topliss-reactive ketones (excluding diaryl/α,β-unsaturated/α-hetero) is 1. The van der Waals surface area contributed by atoms with Crippen molar-refractivity contribution in [2.45, 2.75) is 31.3 Å². The van der Waals surface area contributed by atoms with E-state index < -0.39 is 5.54 Å². The van der Waals surface area contributed by atoms with Gasteiger partial charge in [0.1, 0.15) is 0 Å². The summed E-state index contributed by atoms with van der Waals surface area (Å²) < 4.78 is 5.53. The number of carbonyl (C=O) groups excluding carboxylic acids is 2. The van der Waals surface area contributed by atoms with Crippen LogP contribution in [-0.2, 0) is 12.1 Å². The molecule has 2 bridgehead atoms. The smallest absolute Gasteiger partial charge is 0.255 e. The van der Waals surface area contributed by atoms with E-state index in [9.17, 15) is 9.59 Å². The third-order valence-electron chi connectivity index (χ3n) is 7.55. The molecule has 4 atom stereocenters. The molecule has 4 nitrogen and oxygen atoms in total. The lowest BCUT2D eigenvalue weighted by atomic mass is 9.66. The minimum absolute atomic E-state index is 0.0368. The minimum Gasteiger partial charge on any atom is -0.461 e. The van der Waals surface area contributed by atoms with Gasteiger partial charge in [-0.3, -0.25) is 9.59 Å². The number of hydrogen-bond acceptors (Lipinski definition) is 3. The van der Waals surface area contributed by atoms with Crippen LogP contribution in [-0.4, -0.2) is 16.6 Å². The second-order valence-electron chi connectivity index (χ2n) is 8.84. The molecule has 1 aliphatic heterocycles. The van der Waals surface area contributed by atoms with Crippen LogP contribution in [0.3, 0.4) is 0 Å². The Morgan fingerprint density at radius 2 is 1.80 bits per heavy atom. The first-order chi connectivity index (χ1) is 14.7. The Balaban J connectivity index is 1.55. The van der Waals surface area contributed by atoms with Crippen LogP contribution in [0.2, 0.25) is 0 Å². The molecule has 30 heavy (non-hydrogen) atoms. The van der Waals surface area contributed by atoms with Gasteiger partial charge in [-0.15, -0.1) is 0 Å². The first-order valence-electron chi connectivity index (χ1n) is 10.7. The van der Waals surface area contributed by atoms with E-state index in [4.69, 9.17) is 4.42 Å². The monoisotopic (exact) mass is 397 g/mol. The summed E-state index contributed by atoms with van der Waals surface area (Å²) in [5.74, 6) is 0.795. The zero-order valence-corrected chi connectivity index (χ0v) is 16.7. The number of rotatable bonds is 4. The molecule has 2 aromatic carbocycles. The van der Waals surface area contributed by atoms with Crippen molar-refractivity contribution in [1.29, 1.82) is 0 Å². The van der Waals surface area contributed by atoms with E-state index >= 15 is 0 Å². The van der Waals surface area contributed by atoms with Crippen molar-refractivity contribution in [2.24, 2.45) is 17.8 Å². The zero-order chi connectivity index (χ0) is 20.3. The maximum atomic E-state index is 13.7. The summed E-state index contributed by atoms with van der Waals surface area (Å²) in [6, 6.07) is 21.5. The number of fused-ring (bicyclic) bond motifs is 5. The Labute approximate surface area is 175 Å². The number of carbonyl (C=O) groups is 2. The third kappa shape index (κ3) is 2.22. The third-order valence-corrected chi connectivity index (χ3v) is 7.55. The second-order valence-corrected chi connectivity index (χ2v) is 8.84. The topological polar surface area (TPSA) is 50.5 Å². The van der Waals surface area contributed by atoms with E-state index in [1.54, 1.807) is 18.4 Å². The minimum atomic E-state index is -0.587. The van der Waals surface area contributed by atoms with E-state index in [-0.39, 0.29) is 23.5 Å². The molecular weight excluding hydrogens is 374 g/mol. The van der Waals surface area contributed by atoms with Gasteiger partial charge in [0, 0.05) is 12.1 Å². The number of ketones is 1. The first kappa shape index (κ1) is 17.7. The molecule has 2 heterocycles. The highest BCUT2D eigenvalue weighted by Crippen LogP contribution is 2.65. The molecule has 2 aliphatic carbocycles. The van der Waals surface area contributed by atoms with Gasteiger partial charge in [0.15, 0.2) is 5.76 Å². The summed E-state index contributed by atoms with van der Waals surface area (Å²) in [6.45, 7) is 0.513. The predicted molar refractivity (Wildman–Crippen MR) is 112 cm³/mol. The second kappa shape index (κ2) is 6.43. The summed E-state index contributed by atoms with van der Waals surface area (Å²) in [6.07, 6.45) is 4.64. The summed E-state index contributed by atoms with van der Waals surface area (Å²) in [5.41, 5.74) is 2.28. The maximum Gasteiger partial charge on any atom is 0.255 e. The fraction of sp³-hybridized carbons (Fsp3) is 0.308. The van der Waals surface area contributed by atoms with Gasteiger partial charge in [0.25, 0.3) is 5.91 Å². The highest BCUT2D eigenvalue weighted by atomic mass is 16.3. The van der Waals surface area contributed by atoms with Crippen LogP contribution in [0.4, 0.5) is 0 Å². The molecule has 3 aliphatic rings. The van der Waals surface area contributed by atoms with Gasteiger partial charge in [0.2, 0.25) is 5.78 Å². The number of amides is 1. The molecule has 3 aromatic rings. The van der Waals surface area contributed by atoms with Crippen LogP contribution < -0.4 is 0 Å². The predicted octanol–water partition coefficient (Wildman–Crippen LogP) is 5.06. The summed E-state index contributed by atoms with van der Waals surface area (Å²) in [5, 5.41) is 0. The number of hydrogen-bond donors (Lipinski definition) is 0. The molecule has 1 aromatic heterocycles. The van der Waals surface area contributed by atoms with Crippen molar-refractivity contribution < 1.29 is 14.0 Å². The average Bonchev–Trinajstić information content (AvgIpc) is 3.56. The number of benzene rings is 2. The summed E-state index contributed by atoms with van der Waals surface area (Å²) >= 11 is 0. The molecular formula is C26H23NO3. The van der Waals surface area contributed by atoms with Gasteiger partial charge < -0.3 is 9.32 Å². The maximum absolute atomic E-state index is 13.7. The van der Waals surface area contributed by atoms with Gasteiger partial charge in [-0.1, -0.05) is 48.5 Å². The van der Waals surface area contributed by atoms with Gasteiger partial charge in [-0.25, -0.2) is 0 Å². The van der Waals surface area contributed by atoms with Crippen LogP contribution in [0.1, 0.15) is 51.3 Å².